The van der Waals surface area contributed by atoms with Crippen molar-refractivity contribution in [3.8, 4) is 0 Å². The number of carbonyl (C=O) groups is 2. The highest BCUT2D eigenvalue weighted by atomic mass is 16.5. The number of likely N-dealkylation sites (N-methyl/N-ethyl adjacent to an activating group) is 1. The molecule has 1 aromatic carbocycles. The Balaban J connectivity index is 1.30. The minimum absolute atomic E-state index is 0.0285. The van der Waals surface area contributed by atoms with E-state index < -0.39 is 0 Å². The molecule has 2 aliphatic heterocycles. The number of hydrogen-bond donors (Lipinski definition) is 2. The van der Waals surface area contributed by atoms with Gasteiger partial charge in [0.2, 0.25) is 0 Å². The summed E-state index contributed by atoms with van der Waals surface area (Å²) < 4.78 is 5.70. The van der Waals surface area contributed by atoms with Crippen LogP contribution in [0, 0.1) is 0 Å². The van der Waals surface area contributed by atoms with Gasteiger partial charge < -0.3 is 30.1 Å². The lowest BCUT2D eigenvalue weighted by atomic mass is 10.1. The fourth-order valence-electron chi connectivity index (χ4n) is 4.27. The molecule has 178 valence electrons. The molecule has 2 N–H and O–H groups in total. The second-order valence-corrected chi connectivity index (χ2v) is 9.13. The Morgan fingerprint density at radius 1 is 0.969 bits per heavy atom. The van der Waals surface area contributed by atoms with Gasteiger partial charge in [-0.25, -0.2) is 4.79 Å². The lowest BCUT2D eigenvalue weighted by molar-refractivity contribution is -0.0586. The summed E-state index contributed by atoms with van der Waals surface area (Å²) in [6.45, 7) is 12.0. The normalized spacial score (nSPS) is 22.5. The summed E-state index contributed by atoms with van der Waals surface area (Å²) in [6, 6.07) is 7.31. The first-order chi connectivity index (χ1) is 15.4. The fourth-order valence-corrected chi connectivity index (χ4v) is 4.27. The maximum Gasteiger partial charge on any atom is 0.315 e. The quantitative estimate of drug-likeness (QED) is 0.597. The smallest absolute Gasteiger partial charge is 0.315 e. The molecule has 8 nitrogen and oxygen atoms in total. The number of rotatable bonds is 8. The largest absolute Gasteiger partial charge is 0.372 e. The molecule has 0 spiro atoms. The third-order valence-corrected chi connectivity index (χ3v) is 6.14. The zero-order valence-electron chi connectivity index (χ0n) is 19.8. The highest BCUT2D eigenvalue weighted by molar-refractivity contribution is 5.94. The number of amides is 3. The molecule has 2 aliphatic rings. The second-order valence-electron chi connectivity index (χ2n) is 9.13. The maximum absolute atomic E-state index is 12.7. The van der Waals surface area contributed by atoms with E-state index >= 15 is 0 Å². The van der Waals surface area contributed by atoms with E-state index in [0.717, 1.165) is 51.1 Å². The minimum Gasteiger partial charge on any atom is -0.372 e. The second kappa shape index (κ2) is 12.2. The number of carbonyl (C=O) groups excluding carboxylic acids is 2. The molecule has 1 aromatic rings. The van der Waals surface area contributed by atoms with E-state index in [9.17, 15) is 9.59 Å². The van der Waals surface area contributed by atoms with E-state index in [2.05, 4.69) is 27.5 Å². The Morgan fingerprint density at radius 3 is 2.28 bits per heavy atom. The summed E-state index contributed by atoms with van der Waals surface area (Å²) in [6.07, 6.45) is 2.18. The van der Waals surface area contributed by atoms with Gasteiger partial charge in [0.1, 0.15) is 0 Å². The van der Waals surface area contributed by atoms with Crippen LogP contribution in [0.1, 0.15) is 42.6 Å². The van der Waals surface area contributed by atoms with Crippen molar-refractivity contribution in [2.75, 3.05) is 59.4 Å². The molecule has 0 aromatic heterocycles. The Kier molecular flexibility index (Phi) is 9.32. The average molecular weight is 446 g/mol. The molecule has 2 atom stereocenters. The van der Waals surface area contributed by atoms with Gasteiger partial charge in [0.05, 0.1) is 12.2 Å². The predicted octanol–water partition coefficient (Wildman–Crippen LogP) is 1.76. The molecule has 0 bridgehead atoms. The van der Waals surface area contributed by atoms with Crippen LogP contribution < -0.4 is 10.6 Å². The van der Waals surface area contributed by atoms with Crippen LogP contribution in [0.15, 0.2) is 24.3 Å². The lowest BCUT2D eigenvalue weighted by Gasteiger charge is -2.35. The van der Waals surface area contributed by atoms with Crippen molar-refractivity contribution in [1.29, 1.82) is 0 Å². The van der Waals surface area contributed by atoms with E-state index in [4.69, 9.17) is 4.74 Å². The molecule has 32 heavy (non-hydrogen) atoms. The van der Waals surface area contributed by atoms with E-state index in [1.54, 1.807) is 0 Å². The third-order valence-electron chi connectivity index (χ3n) is 6.14. The van der Waals surface area contributed by atoms with E-state index in [0.29, 0.717) is 31.7 Å². The molecule has 3 rings (SSSR count). The first-order valence-corrected chi connectivity index (χ1v) is 11.9. The van der Waals surface area contributed by atoms with Crippen LogP contribution in [-0.2, 0) is 11.3 Å². The highest BCUT2D eigenvalue weighted by Gasteiger charge is 2.26. The maximum atomic E-state index is 12.7. The Labute approximate surface area is 192 Å². The summed E-state index contributed by atoms with van der Waals surface area (Å²) in [4.78, 5) is 31.5. The van der Waals surface area contributed by atoms with Crippen LogP contribution in [-0.4, -0.2) is 98.3 Å². The zero-order valence-corrected chi connectivity index (χ0v) is 19.8. The molecular formula is C24H39N5O3. The molecular weight excluding hydrogens is 406 g/mol. The number of urea groups is 1. The fraction of sp³-hybridized carbons (Fsp3) is 0.667. The Morgan fingerprint density at radius 2 is 1.62 bits per heavy atom. The van der Waals surface area contributed by atoms with Gasteiger partial charge in [0.15, 0.2) is 0 Å². The SMILES string of the molecule is CC1CN(C(=O)c2ccc(CNC(=O)NCCCCN3CCN(C)CC3)cc2)CC(C)O1. The van der Waals surface area contributed by atoms with Crippen molar-refractivity contribution < 1.29 is 14.3 Å². The minimum atomic E-state index is -0.152. The summed E-state index contributed by atoms with van der Waals surface area (Å²) in [7, 11) is 2.17. The summed E-state index contributed by atoms with van der Waals surface area (Å²) >= 11 is 0. The Bertz CT molecular complexity index is 724. The van der Waals surface area contributed by atoms with Crippen molar-refractivity contribution in [2.45, 2.75) is 45.4 Å². The highest BCUT2D eigenvalue weighted by Crippen LogP contribution is 2.15. The van der Waals surface area contributed by atoms with Crippen LogP contribution in [0.25, 0.3) is 0 Å². The molecule has 0 aliphatic carbocycles. The molecule has 0 radical (unpaired) electrons. The van der Waals surface area contributed by atoms with Gasteiger partial charge in [0.25, 0.3) is 5.91 Å². The number of benzene rings is 1. The van der Waals surface area contributed by atoms with Crippen molar-refractivity contribution in [1.82, 2.24) is 25.3 Å². The first kappa shape index (κ1) is 24.5. The third kappa shape index (κ3) is 7.76. The molecule has 2 heterocycles. The van der Waals surface area contributed by atoms with Crippen LogP contribution in [0.5, 0.6) is 0 Å². The van der Waals surface area contributed by atoms with Crippen LogP contribution in [0.2, 0.25) is 0 Å². The standard InChI is InChI=1S/C24H39N5O3/c1-19-17-29(18-20(2)32-19)23(30)22-8-6-21(7-9-22)16-26-24(31)25-10-4-5-11-28-14-12-27(3)13-15-28/h6-9,19-20H,4-5,10-18H2,1-3H3,(H2,25,26,31). The molecule has 0 saturated carbocycles. The molecule has 2 fully saturated rings. The van der Waals surface area contributed by atoms with Gasteiger partial charge >= 0.3 is 6.03 Å². The monoisotopic (exact) mass is 445 g/mol. The molecule has 2 unspecified atom stereocenters. The number of piperazine rings is 1. The van der Waals surface area contributed by atoms with Crippen molar-refractivity contribution in [3.05, 3.63) is 35.4 Å². The zero-order chi connectivity index (χ0) is 22.9. The lowest BCUT2D eigenvalue weighted by Crippen LogP contribution is -2.48. The van der Waals surface area contributed by atoms with E-state index in [1.807, 2.05) is 43.0 Å². The van der Waals surface area contributed by atoms with Gasteiger partial charge in [-0.05, 0) is 58.0 Å². The van der Waals surface area contributed by atoms with Crippen molar-refractivity contribution >= 4 is 11.9 Å². The van der Waals surface area contributed by atoms with Gasteiger partial charge in [0, 0.05) is 57.9 Å². The van der Waals surface area contributed by atoms with Gasteiger partial charge in [-0.2, -0.15) is 0 Å². The van der Waals surface area contributed by atoms with Crippen LogP contribution in [0.3, 0.4) is 0 Å². The topological polar surface area (TPSA) is 77.2 Å². The summed E-state index contributed by atoms with van der Waals surface area (Å²) in [5.74, 6) is 0.0285. The first-order valence-electron chi connectivity index (χ1n) is 11.9. The predicted molar refractivity (Wildman–Crippen MR) is 126 cm³/mol. The Hall–Kier alpha value is -2.16. The van der Waals surface area contributed by atoms with Crippen LogP contribution >= 0.6 is 0 Å². The van der Waals surface area contributed by atoms with Gasteiger partial charge in [-0.15, -0.1) is 0 Å². The molecule has 8 heteroatoms. The average Bonchev–Trinajstić information content (AvgIpc) is 2.78. The van der Waals surface area contributed by atoms with Gasteiger partial charge in [-0.1, -0.05) is 12.1 Å². The molecule has 2 saturated heterocycles. The number of hydrogen-bond acceptors (Lipinski definition) is 5. The number of unbranched alkanes of at least 4 members (excludes halogenated alkanes) is 1. The number of nitrogens with zero attached hydrogens (tertiary/aromatic N) is 3. The summed E-state index contributed by atoms with van der Waals surface area (Å²) in [5.41, 5.74) is 1.63. The van der Waals surface area contributed by atoms with Crippen molar-refractivity contribution in [2.24, 2.45) is 0 Å². The number of morpholine rings is 1. The number of ether oxygens (including phenoxy) is 1. The van der Waals surface area contributed by atoms with Crippen molar-refractivity contribution in [3.63, 3.8) is 0 Å². The van der Waals surface area contributed by atoms with E-state index in [-0.39, 0.29) is 24.1 Å². The summed E-state index contributed by atoms with van der Waals surface area (Å²) in [5, 5.41) is 5.82. The van der Waals surface area contributed by atoms with Gasteiger partial charge in [-0.3, -0.25) is 4.79 Å². The van der Waals surface area contributed by atoms with Crippen LogP contribution in [0.4, 0.5) is 4.79 Å². The number of nitrogens with one attached hydrogen (secondary N) is 2. The molecule has 3 amide bonds. The van der Waals surface area contributed by atoms with E-state index in [1.165, 1.54) is 0 Å².